The second kappa shape index (κ2) is 6.83. The summed E-state index contributed by atoms with van der Waals surface area (Å²) in [5, 5.41) is 13.9. The van der Waals surface area contributed by atoms with Gasteiger partial charge in [-0.15, -0.1) is 0 Å². The highest BCUT2D eigenvalue weighted by Crippen LogP contribution is 2.18. The number of nitrogens with zero attached hydrogens (tertiary/aromatic N) is 4. The Bertz CT molecular complexity index is 968. The van der Waals surface area contributed by atoms with Crippen molar-refractivity contribution >= 4 is 23.2 Å². The van der Waals surface area contributed by atoms with Crippen LogP contribution in [0.4, 0.5) is 11.4 Å². The summed E-state index contributed by atoms with van der Waals surface area (Å²) in [5.41, 5.74) is 3.65. The number of hydrogen-bond acceptors (Lipinski definition) is 4. The molecule has 1 aromatic carbocycles. The number of carbonyl (C=O) groups excluding carboxylic acids is 2. The van der Waals surface area contributed by atoms with Crippen LogP contribution >= 0.6 is 0 Å². The van der Waals surface area contributed by atoms with E-state index in [9.17, 15) is 9.59 Å². The molecule has 0 saturated heterocycles. The third-order valence-electron chi connectivity index (χ3n) is 4.08. The molecule has 0 saturated carbocycles. The monoisotopic (exact) mass is 352 g/mol. The highest BCUT2D eigenvalue weighted by molar-refractivity contribution is 6.06. The van der Waals surface area contributed by atoms with E-state index in [4.69, 9.17) is 0 Å². The SMILES string of the molecule is Cc1nn(C)c(C)c1C(=O)Nc1ccc(NC(=O)c2ccn(C)n2)cc1. The maximum absolute atomic E-state index is 12.5. The van der Waals surface area contributed by atoms with E-state index in [1.165, 1.54) is 0 Å². The third-order valence-corrected chi connectivity index (χ3v) is 4.08. The molecule has 2 heterocycles. The molecule has 134 valence electrons. The number of carbonyl (C=O) groups is 2. The Morgan fingerprint density at radius 2 is 1.46 bits per heavy atom. The number of amides is 2. The lowest BCUT2D eigenvalue weighted by Gasteiger charge is -2.08. The van der Waals surface area contributed by atoms with Gasteiger partial charge in [0, 0.05) is 37.4 Å². The average molecular weight is 352 g/mol. The van der Waals surface area contributed by atoms with Gasteiger partial charge in [0.15, 0.2) is 5.69 Å². The lowest BCUT2D eigenvalue weighted by Crippen LogP contribution is -2.15. The van der Waals surface area contributed by atoms with Crippen molar-refractivity contribution < 1.29 is 9.59 Å². The van der Waals surface area contributed by atoms with E-state index < -0.39 is 0 Å². The Hall–Kier alpha value is -3.42. The molecule has 0 unspecified atom stereocenters. The summed E-state index contributed by atoms with van der Waals surface area (Å²) in [5.74, 6) is -0.498. The largest absolute Gasteiger partial charge is 0.322 e. The fraction of sp³-hybridized carbons (Fsp3) is 0.222. The van der Waals surface area contributed by atoms with Gasteiger partial charge in [-0.1, -0.05) is 0 Å². The van der Waals surface area contributed by atoms with Crippen LogP contribution in [0.25, 0.3) is 0 Å². The fourth-order valence-electron chi connectivity index (χ4n) is 2.66. The summed E-state index contributed by atoms with van der Waals surface area (Å²) < 4.78 is 3.25. The van der Waals surface area contributed by atoms with E-state index in [-0.39, 0.29) is 11.8 Å². The van der Waals surface area contributed by atoms with Crippen LogP contribution in [-0.4, -0.2) is 31.4 Å². The maximum Gasteiger partial charge on any atom is 0.276 e. The quantitative estimate of drug-likeness (QED) is 0.753. The molecule has 0 aliphatic heterocycles. The van der Waals surface area contributed by atoms with Crippen LogP contribution in [0.15, 0.2) is 36.5 Å². The zero-order valence-corrected chi connectivity index (χ0v) is 15.1. The highest BCUT2D eigenvalue weighted by Gasteiger charge is 2.17. The van der Waals surface area contributed by atoms with Gasteiger partial charge in [0.05, 0.1) is 11.3 Å². The molecule has 0 aliphatic carbocycles. The molecular weight excluding hydrogens is 332 g/mol. The summed E-state index contributed by atoms with van der Waals surface area (Å²) in [6.45, 7) is 3.66. The summed E-state index contributed by atoms with van der Waals surface area (Å²) in [6, 6.07) is 8.54. The number of anilines is 2. The summed E-state index contributed by atoms with van der Waals surface area (Å²) in [6.07, 6.45) is 1.70. The molecule has 0 radical (unpaired) electrons. The molecule has 0 spiro atoms. The Kier molecular flexibility index (Phi) is 4.57. The molecule has 2 amide bonds. The van der Waals surface area contributed by atoms with E-state index in [1.807, 2.05) is 6.92 Å². The van der Waals surface area contributed by atoms with Crippen molar-refractivity contribution in [3.8, 4) is 0 Å². The van der Waals surface area contributed by atoms with Gasteiger partial charge in [-0.3, -0.25) is 19.0 Å². The molecule has 8 heteroatoms. The smallest absolute Gasteiger partial charge is 0.276 e. The number of aromatic nitrogens is 4. The Morgan fingerprint density at radius 1 is 0.885 bits per heavy atom. The topological polar surface area (TPSA) is 93.8 Å². The van der Waals surface area contributed by atoms with Crippen LogP contribution in [-0.2, 0) is 14.1 Å². The molecule has 26 heavy (non-hydrogen) atoms. The van der Waals surface area contributed by atoms with Crippen LogP contribution in [0.5, 0.6) is 0 Å². The van der Waals surface area contributed by atoms with E-state index >= 15 is 0 Å². The predicted molar refractivity (Wildman–Crippen MR) is 98.2 cm³/mol. The first kappa shape index (κ1) is 17.4. The normalized spacial score (nSPS) is 10.6. The van der Waals surface area contributed by atoms with Crippen molar-refractivity contribution in [2.45, 2.75) is 13.8 Å². The van der Waals surface area contributed by atoms with Crippen LogP contribution < -0.4 is 10.6 Å². The lowest BCUT2D eigenvalue weighted by atomic mass is 10.1. The molecular formula is C18H20N6O2. The molecule has 3 aromatic rings. The van der Waals surface area contributed by atoms with E-state index in [2.05, 4.69) is 20.8 Å². The number of hydrogen-bond donors (Lipinski definition) is 2. The van der Waals surface area contributed by atoms with Crippen LogP contribution in [0.1, 0.15) is 32.2 Å². The molecule has 0 atom stereocenters. The van der Waals surface area contributed by atoms with Crippen molar-refractivity contribution in [1.29, 1.82) is 0 Å². The van der Waals surface area contributed by atoms with E-state index in [0.717, 1.165) is 5.69 Å². The number of benzene rings is 1. The van der Waals surface area contributed by atoms with Gasteiger partial charge in [0.2, 0.25) is 0 Å². The summed E-state index contributed by atoms with van der Waals surface area (Å²) in [4.78, 5) is 24.6. The van der Waals surface area contributed by atoms with Crippen LogP contribution in [0.2, 0.25) is 0 Å². The summed E-state index contributed by atoms with van der Waals surface area (Å²) >= 11 is 0. The van der Waals surface area contributed by atoms with Crippen molar-refractivity contribution in [2.75, 3.05) is 10.6 Å². The Morgan fingerprint density at radius 3 is 1.92 bits per heavy atom. The molecule has 3 rings (SSSR count). The minimum atomic E-state index is -0.288. The number of aryl methyl sites for hydroxylation is 3. The van der Waals surface area contributed by atoms with Gasteiger partial charge >= 0.3 is 0 Å². The number of rotatable bonds is 4. The van der Waals surface area contributed by atoms with Crippen molar-refractivity contribution in [3.05, 3.63) is 59.2 Å². The van der Waals surface area contributed by atoms with E-state index in [0.29, 0.717) is 28.3 Å². The average Bonchev–Trinajstić information content (AvgIpc) is 3.13. The maximum atomic E-state index is 12.5. The Balaban J connectivity index is 1.68. The second-order valence-corrected chi connectivity index (χ2v) is 6.03. The molecule has 0 fully saturated rings. The molecule has 0 aliphatic rings. The zero-order valence-electron chi connectivity index (χ0n) is 15.1. The summed E-state index contributed by atoms with van der Waals surface area (Å²) in [7, 11) is 3.55. The fourth-order valence-corrected chi connectivity index (χ4v) is 2.66. The minimum Gasteiger partial charge on any atom is -0.322 e. The first-order chi connectivity index (χ1) is 12.3. The van der Waals surface area contributed by atoms with Crippen LogP contribution in [0, 0.1) is 13.8 Å². The minimum absolute atomic E-state index is 0.210. The van der Waals surface area contributed by atoms with Gasteiger partial charge in [-0.2, -0.15) is 10.2 Å². The zero-order chi connectivity index (χ0) is 18.8. The van der Waals surface area contributed by atoms with Gasteiger partial charge in [0.25, 0.3) is 11.8 Å². The van der Waals surface area contributed by atoms with Crippen molar-refractivity contribution in [1.82, 2.24) is 19.6 Å². The van der Waals surface area contributed by atoms with Crippen molar-refractivity contribution in [2.24, 2.45) is 14.1 Å². The van der Waals surface area contributed by atoms with Gasteiger partial charge in [-0.25, -0.2) is 0 Å². The highest BCUT2D eigenvalue weighted by atomic mass is 16.2. The molecule has 2 aromatic heterocycles. The molecule has 0 bridgehead atoms. The predicted octanol–water partition coefficient (Wildman–Crippen LogP) is 2.28. The standard InChI is InChI=1S/C18H20N6O2/c1-11-16(12(2)24(4)21-11)18(26)20-14-7-5-13(6-8-14)19-17(25)15-9-10-23(3)22-15/h5-10H,1-4H3,(H,19,25)(H,20,26). The third kappa shape index (κ3) is 3.49. The lowest BCUT2D eigenvalue weighted by molar-refractivity contribution is 0.101. The second-order valence-electron chi connectivity index (χ2n) is 6.03. The van der Waals surface area contributed by atoms with Gasteiger partial charge < -0.3 is 10.6 Å². The first-order valence-electron chi connectivity index (χ1n) is 8.08. The molecule has 8 nitrogen and oxygen atoms in total. The van der Waals surface area contributed by atoms with Crippen LogP contribution in [0.3, 0.4) is 0 Å². The van der Waals surface area contributed by atoms with Crippen molar-refractivity contribution in [3.63, 3.8) is 0 Å². The first-order valence-corrected chi connectivity index (χ1v) is 8.08. The molecule has 2 N–H and O–H groups in total. The van der Waals surface area contributed by atoms with E-state index in [1.54, 1.807) is 66.9 Å². The number of nitrogens with one attached hydrogen (secondary N) is 2. The van der Waals surface area contributed by atoms with Gasteiger partial charge in [0.1, 0.15) is 0 Å². The van der Waals surface area contributed by atoms with Gasteiger partial charge in [-0.05, 0) is 44.2 Å². The Labute approximate surface area is 150 Å².